The summed E-state index contributed by atoms with van der Waals surface area (Å²) in [6, 6.07) is 0. The van der Waals surface area contributed by atoms with Crippen molar-refractivity contribution in [3.8, 4) is 0 Å². The zero-order valence-corrected chi connectivity index (χ0v) is 8.51. The molecule has 0 aromatic carbocycles. The van der Waals surface area contributed by atoms with E-state index >= 15 is 0 Å². The summed E-state index contributed by atoms with van der Waals surface area (Å²) in [5.74, 6) is 0.205. The molecule has 1 aliphatic rings. The van der Waals surface area contributed by atoms with Gasteiger partial charge in [-0.15, -0.1) is 0 Å². The molecule has 0 saturated carbocycles. The second-order valence-corrected chi connectivity index (χ2v) is 3.33. The number of nitrogens with two attached hydrogens (primary N) is 1. The molecule has 0 amide bonds. The number of nitrogens with zero attached hydrogens (tertiary/aromatic N) is 2. The van der Waals surface area contributed by atoms with E-state index in [1.807, 2.05) is 4.90 Å². The van der Waals surface area contributed by atoms with Crippen molar-refractivity contribution in [3.63, 3.8) is 0 Å². The van der Waals surface area contributed by atoms with Crippen LogP contribution >= 0.6 is 0 Å². The number of amidine groups is 1. The highest BCUT2D eigenvalue weighted by Gasteiger charge is 2.32. The molecule has 14 heavy (non-hydrogen) atoms. The molecule has 0 aromatic rings. The molecule has 6 heteroatoms. The second-order valence-electron chi connectivity index (χ2n) is 3.33. The summed E-state index contributed by atoms with van der Waals surface area (Å²) in [6.45, 7) is 1.92. The molecule has 0 bridgehead atoms. The lowest BCUT2D eigenvalue weighted by molar-refractivity contribution is -0.00461. The summed E-state index contributed by atoms with van der Waals surface area (Å²) < 4.78 is 10.5. The Labute approximate surface area is 83.3 Å². The third-order valence-corrected chi connectivity index (χ3v) is 2.41. The van der Waals surface area contributed by atoms with Crippen LogP contribution in [0.3, 0.4) is 0 Å². The molecule has 1 aliphatic heterocycles. The molecule has 0 aliphatic carbocycles. The van der Waals surface area contributed by atoms with Crippen molar-refractivity contribution in [2.75, 3.05) is 33.9 Å². The molecular weight excluding hydrogens is 186 g/mol. The van der Waals surface area contributed by atoms with E-state index < -0.39 is 0 Å². The first-order chi connectivity index (χ1) is 6.71. The van der Waals surface area contributed by atoms with Crippen LogP contribution in [0.15, 0.2) is 5.16 Å². The smallest absolute Gasteiger partial charge is 0.153 e. The van der Waals surface area contributed by atoms with Gasteiger partial charge in [-0.25, -0.2) is 0 Å². The molecule has 1 saturated heterocycles. The average molecular weight is 203 g/mol. The lowest BCUT2D eigenvalue weighted by Gasteiger charge is -2.13. The fourth-order valence-corrected chi connectivity index (χ4v) is 1.66. The minimum Gasteiger partial charge on any atom is -0.409 e. The zero-order valence-electron chi connectivity index (χ0n) is 8.51. The summed E-state index contributed by atoms with van der Waals surface area (Å²) in [5.41, 5.74) is 5.40. The van der Waals surface area contributed by atoms with E-state index in [-0.39, 0.29) is 18.0 Å². The number of hydrogen-bond donors (Lipinski definition) is 2. The van der Waals surface area contributed by atoms with Crippen LogP contribution in [0.2, 0.25) is 0 Å². The van der Waals surface area contributed by atoms with Crippen LogP contribution in [-0.2, 0) is 9.47 Å². The number of likely N-dealkylation sites (tertiary alicyclic amines) is 1. The van der Waals surface area contributed by atoms with Crippen LogP contribution in [0.25, 0.3) is 0 Å². The monoisotopic (exact) mass is 203 g/mol. The van der Waals surface area contributed by atoms with Gasteiger partial charge in [-0.2, -0.15) is 0 Å². The number of ether oxygens (including phenoxy) is 2. The Morgan fingerprint density at radius 3 is 2.29 bits per heavy atom. The Balaban J connectivity index is 2.45. The highest BCUT2D eigenvalue weighted by atomic mass is 16.5. The van der Waals surface area contributed by atoms with Crippen LogP contribution in [0.5, 0.6) is 0 Å². The van der Waals surface area contributed by atoms with E-state index in [1.54, 1.807) is 14.2 Å². The molecule has 0 spiro atoms. The molecule has 1 heterocycles. The summed E-state index contributed by atoms with van der Waals surface area (Å²) in [4.78, 5) is 2.03. The highest BCUT2D eigenvalue weighted by Crippen LogP contribution is 2.14. The maximum absolute atomic E-state index is 8.42. The lowest BCUT2D eigenvalue weighted by Crippen LogP contribution is -2.33. The maximum Gasteiger partial charge on any atom is 0.153 e. The van der Waals surface area contributed by atoms with Crippen molar-refractivity contribution in [2.45, 2.75) is 12.2 Å². The molecule has 0 radical (unpaired) electrons. The quantitative estimate of drug-likeness (QED) is 0.267. The van der Waals surface area contributed by atoms with Gasteiger partial charge in [0.15, 0.2) is 5.84 Å². The molecule has 1 rings (SSSR count). The van der Waals surface area contributed by atoms with Crippen LogP contribution in [0, 0.1) is 0 Å². The first-order valence-corrected chi connectivity index (χ1v) is 4.45. The van der Waals surface area contributed by atoms with E-state index in [4.69, 9.17) is 20.4 Å². The van der Waals surface area contributed by atoms with Gasteiger partial charge in [0.25, 0.3) is 0 Å². The first-order valence-electron chi connectivity index (χ1n) is 4.45. The predicted octanol–water partition coefficient (Wildman–Crippen LogP) is -0.922. The Kier molecular flexibility index (Phi) is 4.12. The lowest BCUT2D eigenvalue weighted by atomic mass is 10.3. The molecule has 0 aromatic heterocycles. The molecular formula is C8H17N3O3. The maximum atomic E-state index is 8.42. The van der Waals surface area contributed by atoms with Crippen molar-refractivity contribution in [1.29, 1.82) is 0 Å². The zero-order chi connectivity index (χ0) is 10.6. The number of oxime groups is 1. The minimum atomic E-state index is 0.0616. The van der Waals surface area contributed by atoms with Gasteiger partial charge in [0, 0.05) is 27.3 Å². The SMILES string of the molecule is CO[C@H]1CN(C/C(N)=N\O)C[C@@H]1OC. The summed E-state index contributed by atoms with van der Waals surface area (Å²) in [6.07, 6.45) is 0.123. The van der Waals surface area contributed by atoms with E-state index in [9.17, 15) is 0 Å². The Morgan fingerprint density at radius 1 is 1.43 bits per heavy atom. The second kappa shape index (κ2) is 5.14. The van der Waals surface area contributed by atoms with Gasteiger partial charge in [-0.3, -0.25) is 4.90 Å². The topological polar surface area (TPSA) is 80.3 Å². The van der Waals surface area contributed by atoms with Gasteiger partial charge >= 0.3 is 0 Å². The molecule has 82 valence electrons. The van der Waals surface area contributed by atoms with Crippen molar-refractivity contribution < 1.29 is 14.7 Å². The Hall–Kier alpha value is -0.850. The molecule has 0 unspecified atom stereocenters. The van der Waals surface area contributed by atoms with E-state index in [1.165, 1.54) is 0 Å². The fourth-order valence-electron chi connectivity index (χ4n) is 1.66. The summed E-state index contributed by atoms with van der Waals surface area (Å²) >= 11 is 0. The third kappa shape index (κ3) is 2.57. The largest absolute Gasteiger partial charge is 0.409 e. The Bertz CT molecular complexity index is 198. The van der Waals surface area contributed by atoms with E-state index in [0.29, 0.717) is 6.54 Å². The fraction of sp³-hybridized carbons (Fsp3) is 0.875. The standard InChI is InChI=1S/C8H17N3O3/c1-13-6-3-11(4-7(6)14-2)5-8(9)10-12/h6-7,12H,3-5H2,1-2H3,(H2,9,10)/t6-,7-/m0/s1. The molecule has 6 nitrogen and oxygen atoms in total. The molecule has 1 fully saturated rings. The van der Waals surface area contributed by atoms with Crippen molar-refractivity contribution in [1.82, 2.24) is 4.90 Å². The minimum absolute atomic E-state index is 0.0616. The highest BCUT2D eigenvalue weighted by molar-refractivity contribution is 5.81. The van der Waals surface area contributed by atoms with Crippen molar-refractivity contribution >= 4 is 5.84 Å². The van der Waals surface area contributed by atoms with Gasteiger partial charge in [-0.05, 0) is 0 Å². The van der Waals surface area contributed by atoms with Gasteiger partial charge in [0.2, 0.25) is 0 Å². The van der Waals surface area contributed by atoms with Gasteiger partial charge in [0.1, 0.15) is 0 Å². The Morgan fingerprint density at radius 2 is 1.93 bits per heavy atom. The predicted molar refractivity (Wildman–Crippen MR) is 51.4 cm³/mol. The van der Waals surface area contributed by atoms with Crippen LogP contribution in [0.4, 0.5) is 0 Å². The summed E-state index contributed by atoms with van der Waals surface area (Å²) in [5, 5.41) is 11.3. The van der Waals surface area contributed by atoms with Crippen LogP contribution in [-0.4, -0.2) is 62.0 Å². The van der Waals surface area contributed by atoms with E-state index in [2.05, 4.69) is 5.16 Å². The molecule has 2 atom stereocenters. The number of rotatable bonds is 4. The third-order valence-electron chi connectivity index (χ3n) is 2.41. The number of hydrogen-bond acceptors (Lipinski definition) is 5. The normalized spacial score (nSPS) is 29.7. The first kappa shape index (κ1) is 11.2. The van der Waals surface area contributed by atoms with Crippen molar-refractivity contribution in [3.05, 3.63) is 0 Å². The molecule has 3 N–H and O–H groups in total. The van der Waals surface area contributed by atoms with E-state index in [0.717, 1.165) is 13.1 Å². The van der Waals surface area contributed by atoms with Gasteiger partial charge in [0.05, 0.1) is 18.8 Å². The average Bonchev–Trinajstić information content (AvgIpc) is 2.59. The summed E-state index contributed by atoms with van der Waals surface area (Å²) in [7, 11) is 3.31. The van der Waals surface area contributed by atoms with Crippen molar-refractivity contribution in [2.24, 2.45) is 10.9 Å². The van der Waals surface area contributed by atoms with Crippen LogP contribution in [0.1, 0.15) is 0 Å². The van der Waals surface area contributed by atoms with Gasteiger partial charge in [-0.1, -0.05) is 5.16 Å². The van der Waals surface area contributed by atoms with Gasteiger partial charge < -0.3 is 20.4 Å². The van der Waals surface area contributed by atoms with Crippen LogP contribution < -0.4 is 5.73 Å². The number of methoxy groups -OCH3 is 2.